The molecule has 1 aliphatic rings. The number of β-amino-alcohol motifs (C(OH)–C–C–N with tert-alkyl or cyclic N) is 1. The van der Waals surface area contributed by atoms with E-state index in [-0.39, 0.29) is 6.10 Å². The first-order chi connectivity index (χ1) is 5.75. The van der Waals surface area contributed by atoms with Gasteiger partial charge in [0.25, 0.3) is 0 Å². The monoisotopic (exact) mass is 184 g/mol. The molecule has 2 rings (SSSR count). The molecule has 4 heteroatoms. The number of aliphatic hydroxyl groups is 1. The van der Waals surface area contributed by atoms with Crippen LogP contribution < -0.4 is 4.90 Å². The molecule has 0 aliphatic carbocycles. The van der Waals surface area contributed by atoms with Gasteiger partial charge in [0.2, 0.25) is 0 Å². The quantitative estimate of drug-likeness (QED) is 0.660. The zero-order chi connectivity index (χ0) is 8.55. The molecule has 64 valence electrons. The first kappa shape index (κ1) is 7.83. The van der Waals surface area contributed by atoms with Crippen LogP contribution in [-0.4, -0.2) is 29.3 Å². The predicted molar refractivity (Wildman–Crippen MR) is 47.5 cm³/mol. The van der Waals surface area contributed by atoms with Crippen molar-refractivity contribution in [2.24, 2.45) is 0 Å². The third-order valence-electron chi connectivity index (χ3n) is 1.89. The number of anilines is 1. The fraction of sp³-hybridized carbons (Fsp3) is 0.375. The third kappa shape index (κ3) is 1.38. The summed E-state index contributed by atoms with van der Waals surface area (Å²) in [4.78, 5) is 6.09. The molecule has 1 saturated heterocycles. The van der Waals surface area contributed by atoms with Gasteiger partial charge in [-0.25, -0.2) is 4.98 Å². The molecule has 0 atom stereocenters. The molecule has 0 radical (unpaired) electrons. The molecule has 1 aliphatic heterocycles. The second-order valence-electron chi connectivity index (χ2n) is 2.88. The second kappa shape index (κ2) is 2.92. The van der Waals surface area contributed by atoms with E-state index in [2.05, 4.69) is 4.98 Å². The van der Waals surface area contributed by atoms with Crippen molar-refractivity contribution in [2.45, 2.75) is 6.10 Å². The van der Waals surface area contributed by atoms with Crippen LogP contribution in [0.2, 0.25) is 5.15 Å². The van der Waals surface area contributed by atoms with Gasteiger partial charge in [0, 0.05) is 13.1 Å². The zero-order valence-corrected chi connectivity index (χ0v) is 7.20. The summed E-state index contributed by atoms with van der Waals surface area (Å²) >= 11 is 5.71. The highest BCUT2D eigenvalue weighted by molar-refractivity contribution is 6.29. The number of aromatic nitrogens is 1. The van der Waals surface area contributed by atoms with Gasteiger partial charge in [0.1, 0.15) is 11.0 Å². The van der Waals surface area contributed by atoms with Gasteiger partial charge < -0.3 is 10.0 Å². The Balaban J connectivity index is 2.13. The Hall–Kier alpha value is -0.800. The second-order valence-corrected chi connectivity index (χ2v) is 3.26. The molecule has 12 heavy (non-hydrogen) atoms. The SMILES string of the molecule is OC1CN(c2cccc(Cl)n2)C1. The average molecular weight is 185 g/mol. The van der Waals surface area contributed by atoms with Crippen LogP contribution in [0.25, 0.3) is 0 Å². The first-order valence-corrected chi connectivity index (χ1v) is 4.19. The lowest BCUT2D eigenvalue weighted by molar-refractivity contribution is 0.141. The first-order valence-electron chi connectivity index (χ1n) is 3.81. The maximum atomic E-state index is 9.05. The normalized spacial score (nSPS) is 17.7. The number of rotatable bonds is 1. The number of aliphatic hydroxyl groups excluding tert-OH is 1. The molecule has 0 aromatic carbocycles. The van der Waals surface area contributed by atoms with Crippen LogP contribution in [0, 0.1) is 0 Å². The molecule has 1 aromatic rings. The summed E-state index contributed by atoms with van der Waals surface area (Å²) in [5.41, 5.74) is 0. The minimum Gasteiger partial charge on any atom is -0.389 e. The summed E-state index contributed by atoms with van der Waals surface area (Å²) in [6.45, 7) is 1.32. The summed E-state index contributed by atoms with van der Waals surface area (Å²) in [5, 5.41) is 9.54. The Labute approximate surface area is 75.6 Å². The van der Waals surface area contributed by atoms with E-state index >= 15 is 0 Å². The molecule has 0 bridgehead atoms. The van der Waals surface area contributed by atoms with Gasteiger partial charge in [0.15, 0.2) is 0 Å². The molecule has 0 spiro atoms. The minimum absolute atomic E-state index is 0.203. The molecular formula is C8H9ClN2O. The highest BCUT2D eigenvalue weighted by Crippen LogP contribution is 2.19. The molecule has 1 fully saturated rings. The largest absolute Gasteiger partial charge is 0.389 e. The molecule has 0 amide bonds. The number of halogens is 1. The lowest BCUT2D eigenvalue weighted by Crippen LogP contribution is -2.51. The van der Waals surface area contributed by atoms with E-state index in [1.165, 1.54) is 0 Å². The van der Waals surface area contributed by atoms with Crippen LogP contribution in [-0.2, 0) is 0 Å². The van der Waals surface area contributed by atoms with Crippen LogP contribution >= 0.6 is 11.6 Å². The van der Waals surface area contributed by atoms with Gasteiger partial charge in [-0.1, -0.05) is 17.7 Å². The van der Waals surface area contributed by atoms with Crippen molar-refractivity contribution < 1.29 is 5.11 Å². The molecule has 1 aromatic heterocycles. The highest BCUT2D eigenvalue weighted by Gasteiger charge is 2.25. The standard InChI is InChI=1S/C8H9ClN2O/c9-7-2-1-3-8(10-7)11-4-6(12)5-11/h1-3,6,12H,4-5H2. The Morgan fingerprint density at radius 3 is 2.83 bits per heavy atom. The summed E-state index contributed by atoms with van der Waals surface area (Å²) in [5.74, 6) is 0.841. The van der Waals surface area contributed by atoms with Gasteiger partial charge in [-0.05, 0) is 12.1 Å². The topological polar surface area (TPSA) is 36.4 Å². The third-order valence-corrected chi connectivity index (χ3v) is 2.10. The lowest BCUT2D eigenvalue weighted by atomic mass is 10.2. The number of nitrogens with zero attached hydrogens (tertiary/aromatic N) is 2. The van der Waals surface area contributed by atoms with Gasteiger partial charge >= 0.3 is 0 Å². The van der Waals surface area contributed by atoms with Gasteiger partial charge in [0.05, 0.1) is 6.10 Å². The van der Waals surface area contributed by atoms with Crippen molar-refractivity contribution >= 4 is 17.4 Å². The summed E-state index contributed by atoms with van der Waals surface area (Å²) in [7, 11) is 0. The van der Waals surface area contributed by atoms with Crippen LogP contribution in [0.15, 0.2) is 18.2 Å². The minimum atomic E-state index is -0.203. The molecule has 0 saturated carbocycles. The maximum Gasteiger partial charge on any atom is 0.131 e. The van der Waals surface area contributed by atoms with Crippen LogP contribution in [0.3, 0.4) is 0 Å². The fourth-order valence-corrected chi connectivity index (χ4v) is 1.38. The number of hydrogen-bond donors (Lipinski definition) is 1. The molecule has 3 nitrogen and oxygen atoms in total. The van der Waals surface area contributed by atoms with Crippen LogP contribution in [0.1, 0.15) is 0 Å². The van der Waals surface area contributed by atoms with Crippen LogP contribution in [0.4, 0.5) is 5.82 Å². The van der Waals surface area contributed by atoms with E-state index < -0.39 is 0 Å². The van der Waals surface area contributed by atoms with Gasteiger partial charge in [-0.15, -0.1) is 0 Å². The van der Waals surface area contributed by atoms with E-state index in [4.69, 9.17) is 16.7 Å². The van der Waals surface area contributed by atoms with Crippen molar-refractivity contribution in [1.82, 2.24) is 4.98 Å². The van der Waals surface area contributed by atoms with E-state index in [1.807, 2.05) is 17.0 Å². The summed E-state index contributed by atoms with van der Waals surface area (Å²) < 4.78 is 0. The Kier molecular flexibility index (Phi) is 1.90. The smallest absolute Gasteiger partial charge is 0.131 e. The number of hydrogen-bond acceptors (Lipinski definition) is 3. The van der Waals surface area contributed by atoms with Gasteiger partial charge in [-0.3, -0.25) is 0 Å². The van der Waals surface area contributed by atoms with E-state index in [9.17, 15) is 0 Å². The van der Waals surface area contributed by atoms with Gasteiger partial charge in [-0.2, -0.15) is 0 Å². The molecule has 2 heterocycles. The Morgan fingerprint density at radius 1 is 1.50 bits per heavy atom. The molecule has 1 N–H and O–H groups in total. The summed E-state index contributed by atoms with van der Waals surface area (Å²) in [6, 6.07) is 5.48. The highest BCUT2D eigenvalue weighted by atomic mass is 35.5. The Morgan fingerprint density at radius 2 is 2.25 bits per heavy atom. The van der Waals surface area contributed by atoms with Crippen molar-refractivity contribution in [3.05, 3.63) is 23.4 Å². The van der Waals surface area contributed by atoms with Crippen molar-refractivity contribution in [2.75, 3.05) is 18.0 Å². The molecule has 0 unspecified atom stereocenters. The Bertz CT molecular complexity index is 286. The lowest BCUT2D eigenvalue weighted by Gasteiger charge is -2.36. The summed E-state index contributed by atoms with van der Waals surface area (Å²) in [6.07, 6.45) is -0.203. The van der Waals surface area contributed by atoms with Crippen molar-refractivity contribution in [1.29, 1.82) is 0 Å². The van der Waals surface area contributed by atoms with E-state index in [1.54, 1.807) is 6.07 Å². The zero-order valence-electron chi connectivity index (χ0n) is 6.44. The molecular weight excluding hydrogens is 176 g/mol. The van der Waals surface area contributed by atoms with Crippen molar-refractivity contribution in [3.8, 4) is 0 Å². The van der Waals surface area contributed by atoms with Crippen LogP contribution in [0.5, 0.6) is 0 Å². The number of pyridine rings is 1. The van der Waals surface area contributed by atoms with Crippen molar-refractivity contribution in [3.63, 3.8) is 0 Å². The van der Waals surface area contributed by atoms with E-state index in [0.29, 0.717) is 18.2 Å². The fourth-order valence-electron chi connectivity index (χ4n) is 1.22. The average Bonchev–Trinajstić information content (AvgIpc) is 1.99. The predicted octanol–water partition coefficient (Wildman–Crippen LogP) is 0.916. The van der Waals surface area contributed by atoms with E-state index in [0.717, 1.165) is 5.82 Å². The maximum absolute atomic E-state index is 9.05.